The summed E-state index contributed by atoms with van der Waals surface area (Å²) in [6.07, 6.45) is 0. The van der Waals surface area contributed by atoms with Gasteiger partial charge in [0.15, 0.2) is 0 Å². The molecule has 0 heterocycles. The average Bonchev–Trinajstić information content (AvgIpc) is 2.16. The second kappa shape index (κ2) is 3.31. The summed E-state index contributed by atoms with van der Waals surface area (Å²) in [5.74, 6) is -0.150. The monoisotopic (exact) mass is 204 g/mol. The molecule has 78 valence electrons. The molecule has 0 saturated carbocycles. The van der Waals surface area contributed by atoms with Gasteiger partial charge in [0.1, 0.15) is 11.5 Å². The van der Waals surface area contributed by atoms with E-state index in [0.29, 0.717) is 9.87 Å². The molecule has 0 aliphatic heterocycles. The molecule has 0 atom stereocenters. The van der Waals surface area contributed by atoms with Gasteiger partial charge in [0.05, 0.1) is 21.1 Å². The third-order valence-electron chi connectivity index (χ3n) is 2.57. The molecule has 0 aliphatic rings. The Hall–Kier alpha value is -1.41. The smallest absolute Gasteiger partial charge is 0.140 e. The quantitative estimate of drug-likeness (QED) is 0.626. The van der Waals surface area contributed by atoms with Crippen LogP contribution >= 0.6 is 0 Å². The molecule has 0 unspecified atom stereocenters. The van der Waals surface area contributed by atoms with E-state index in [0.717, 1.165) is 11.1 Å². The van der Waals surface area contributed by atoms with Gasteiger partial charge in [-0.05, 0) is 18.2 Å². The summed E-state index contributed by atoms with van der Waals surface area (Å²) in [6, 6.07) is 11.0. The van der Waals surface area contributed by atoms with Crippen LogP contribution in [-0.4, -0.2) is 21.1 Å². The predicted octanol–water partition coefficient (Wildman–Crippen LogP) is 3.18. The number of benzene rings is 2. The van der Waals surface area contributed by atoms with Crippen molar-refractivity contribution < 1.29 is 4.39 Å². The largest absolute Gasteiger partial charge is 0.298 e. The minimum Gasteiger partial charge on any atom is -0.298 e. The molecular formula is C13H15FN+. The number of hydrogen-bond acceptors (Lipinski definition) is 0. The average molecular weight is 204 g/mol. The van der Waals surface area contributed by atoms with E-state index < -0.39 is 0 Å². The Morgan fingerprint density at radius 2 is 1.47 bits per heavy atom. The number of nitrogens with zero attached hydrogens (tertiary/aromatic N) is 1. The first kappa shape index (κ1) is 10.1. The van der Waals surface area contributed by atoms with E-state index in [2.05, 4.69) is 21.1 Å². The van der Waals surface area contributed by atoms with Gasteiger partial charge < -0.3 is 0 Å². The Balaban J connectivity index is 2.83. The fourth-order valence-electron chi connectivity index (χ4n) is 1.84. The van der Waals surface area contributed by atoms with Gasteiger partial charge in [-0.25, -0.2) is 4.39 Å². The van der Waals surface area contributed by atoms with Crippen molar-refractivity contribution in [1.82, 2.24) is 4.48 Å². The summed E-state index contributed by atoms with van der Waals surface area (Å²) in [4.78, 5) is 0. The molecule has 0 saturated heterocycles. The van der Waals surface area contributed by atoms with Gasteiger partial charge in [0.25, 0.3) is 0 Å². The van der Waals surface area contributed by atoms with E-state index in [1.807, 2.05) is 24.3 Å². The van der Waals surface area contributed by atoms with Crippen LogP contribution in [0.5, 0.6) is 0 Å². The summed E-state index contributed by atoms with van der Waals surface area (Å²) in [5.41, 5.74) is 1.13. The van der Waals surface area contributed by atoms with Crippen LogP contribution in [0, 0.1) is 5.82 Å². The predicted molar refractivity (Wildman–Crippen MR) is 63.5 cm³/mol. The molecule has 0 radical (unpaired) electrons. The molecule has 2 aromatic rings. The molecule has 0 N–H and O–H groups in total. The first-order valence-electron chi connectivity index (χ1n) is 4.99. The molecule has 0 aliphatic carbocycles. The number of halogens is 1. The molecule has 2 aromatic carbocycles. The first-order chi connectivity index (χ1) is 7.00. The number of hydrogen-bond donors (Lipinski definition) is 0. The summed E-state index contributed by atoms with van der Waals surface area (Å²) in [5, 5.41) is 1.69. The van der Waals surface area contributed by atoms with Gasteiger partial charge in [0.2, 0.25) is 0 Å². The van der Waals surface area contributed by atoms with Crippen molar-refractivity contribution in [3.05, 3.63) is 42.2 Å². The molecule has 2 heteroatoms. The normalized spacial score (nSPS) is 12.0. The van der Waals surface area contributed by atoms with Crippen LogP contribution in [-0.2, 0) is 0 Å². The second-order valence-corrected chi connectivity index (χ2v) is 4.62. The van der Waals surface area contributed by atoms with Gasteiger partial charge >= 0.3 is 0 Å². The lowest BCUT2D eigenvalue weighted by Crippen LogP contribution is -2.34. The van der Waals surface area contributed by atoms with Crippen LogP contribution in [0.15, 0.2) is 36.4 Å². The summed E-state index contributed by atoms with van der Waals surface area (Å²) >= 11 is 0. The van der Waals surface area contributed by atoms with Crippen molar-refractivity contribution in [3.8, 4) is 0 Å². The van der Waals surface area contributed by atoms with E-state index in [1.165, 1.54) is 6.07 Å². The van der Waals surface area contributed by atoms with E-state index in [9.17, 15) is 4.39 Å². The molecule has 0 amide bonds. The zero-order valence-electron chi connectivity index (χ0n) is 9.29. The fraction of sp³-hybridized carbons (Fsp3) is 0.231. The lowest BCUT2D eigenvalue weighted by atomic mass is 10.1. The maximum absolute atomic E-state index is 13.5. The van der Waals surface area contributed by atoms with Crippen LogP contribution in [0.25, 0.3) is 10.8 Å². The van der Waals surface area contributed by atoms with Crippen LogP contribution < -0.4 is 4.48 Å². The SMILES string of the molecule is C[N+](C)(C)c1cccc2c(F)cccc12. The topological polar surface area (TPSA) is 0 Å². The van der Waals surface area contributed by atoms with Crippen LogP contribution in [0.4, 0.5) is 10.1 Å². The standard InChI is InChI=1S/C13H15FN/c1-15(2,3)13-9-5-6-10-11(13)7-4-8-12(10)14/h4-9H,1-3H3/q+1. The highest BCUT2D eigenvalue weighted by molar-refractivity contribution is 5.93. The van der Waals surface area contributed by atoms with Crippen molar-refractivity contribution in [2.24, 2.45) is 0 Å². The zero-order valence-corrected chi connectivity index (χ0v) is 9.29. The van der Waals surface area contributed by atoms with Crippen molar-refractivity contribution in [1.29, 1.82) is 0 Å². The molecule has 2 rings (SSSR count). The first-order valence-corrected chi connectivity index (χ1v) is 4.99. The van der Waals surface area contributed by atoms with Crippen molar-refractivity contribution in [2.75, 3.05) is 21.1 Å². The maximum atomic E-state index is 13.5. The van der Waals surface area contributed by atoms with Crippen LogP contribution in [0.1, 0.15) is 0 Å². The highest BCUT2D eigenvalue weighted by atomic mass is 19.1. The van der Waals surface area contributed by atoms with Crippen molar-refractivity contribution in [3.63, 3.8) is 0 Å². The minimum atomic E-state index is -0.150. The Labute approximate surface area is 89.3 Å². The molecule has 1 nitrogen and oxygen atoms in total. The third-order valence-corrected chi connectivity index (χ3v) is 2.57. The van der Waals surface area contributed by atoms with Gasteiger partial charge in [-0.2, -0.15) is 0 Å². The second-order valence-electron chi connectivity index (χ2n) is 4.62. The Kier molecular flexibility index (Phi) is 2.24. The lowest BCUT2D eigenvalue weighted by molar-refractivity contribution is 0.490. The highest BCUT2D eigenvalue weighted by Gasteiger charge is 2.16. The third kappa shape index (κ3) is 1.73. The number of fused-ring (bicyclic) bond motifs is 1. The maximum Gasteiger partial charge on any atom is 0.140 e. The molecule has 0 fully saturated rings. The van der Waals surface area contributed by atoms with E-state index in [4.69, 9.17) is 0 Å². The Bertz CT molecular complexity index is 497. The molecule has 0 bridgehead atoms. The Morgan fingerprint density at radius 1 is 0.867 bits per heavy atom. The molecule has 0 spiro atoms. The summed E-state index contributed by atoms with van der Waals surface area (Å²) in [6.45, 7) is 0. The van der Waals surface area contributed by atoms with Crippen LogP contribution in [0.3, 0.4) is 0 Å². The highest BCUT2D eigenvalue weighted by Crippen LogP contribution is 2.29. The van der Waals surface area contributed by atoms with Crippen molar-refractivity contribution >= 4 is 16.5 Å². The zero-order chi connectivity index (χ0) is 11.1. The molecule has 15 heavy (non-hydrogen) atoms. The lowest BCUT2D eigenvalue weighted by Gasteiger charge is -2.24. The van der Waals surface area contributed by atoms with Crippen LogP contribution in [0.2, 0.25) is 0 Å². The van der Waals surface area contributed by atoms with E-state index in [-0.39, 0.29) is 5.82 Å². The van der Waals surface area contributed by atoms with Crippen molar-refractivity contribution in [2.45, 2.75) is 0 Å². The van der Waals surface area contributed by atoms with Gasteiger partial charge in [-0.15, -0.1) is 0 Å². The minimum absolute atomic E-state index is 0.150. The molecule has 0 aromatic heterocycles. The van der Waals surface area contributed by atoms with Gasteiger partial charge in [-0.3, -0.25) is 4.48 Å². The fourth-order valence-corrected chi connectivity index (χ4v) is 1.84. The van der Waals surface area contributed by atoms with E-state index in [1.54, 1.807) is 6.07 Å². The van der Waals surface area contributed by atoms with Gasteiger partial charge in [-0.1, -0.05) is 18.2 Å². The Morgan fingerprint density at radius 3 is 2.13 bits per heavy atom. The summed E-state index contributed by atoms with van der Waals surface area (Å²) in [7, 11) is 6.25. The van der Waals surface area contributed by atoms with Gasteiger partial charge in [0, 0.05) is 10.8 Å². The number of rotatable bonds is 1. The molecular weight excluding hydrogens is 189 g/mol. The number of quaternary nitrogens is 1. The van der Waals surface area contributed by atoms with E-state index >= 15 is 0 Å². The summed E-state index contributed by atoms with van der Waals surface area (Å²) < 4.78 is 14.2.